The molecule has 274 valence electrons. The summed E-state index contributed by atoms with van der Waals surface area (Å²) in [7, 11) is 3.31. The Hall–Kier alpha value is -5.07. The Bertz CT molecular complexity index is 2150. The molecule has 9 rings (SSSR count). The van der Waals surface area contributed by atoms with E-state index in [9.17, 15) is 9.59 Å². The molecule has 4 fully saturated rings. The van der Waals surface area contributed by atoms with Crippen LogP contribution in [-0.2, 0) is 16.1 Å². The van der Waals surface area contributed by atoms with Gasteiger partial charge in [-0.1, -0.05) is 36.4 Å². The van der Waals surface area contributed by atoms with E-state index < -0.39 is 0 Å². The van der Waals surface area contributed by atoms with Gasteiger partial charge in [-0.05, 0) is 42.5 Å². The zero-order valence-corrected chi connectivity index (χ0v) is 31.0. The second-order valence-corrected chi connectivity index (χ2v) is 15.7. The van der Waals surface area contributed by atoms with Gasteiger partial charge in [0, 0.05) is 81.8 Å². The number of nitrogens with one attached hydrogen (secondary N) is 1. The lowest BCUT2D eigenvalue weighted by atomic mass is 9.73. The number of rotatable bonds is 8. The van der Waals surface area contributed by atoms with Crippen molar-refractivity contribution in [1.29, 1.82) is 0 Å². The second kappa shape index (κ2) is 12.5. The average Bonchev–Trinajstić information content (AvgIpc) is 3.71. The minimum Gasteiger partial charge on any atom is -0.491 e. The van der Waals surface area contributed by atoms with Gasteiger partial charge < -0.3 is 24.4 Å². The zero-order chi connectivity index (χ0) is 36.6. The third-order valence-corrected chi connectivity index (χ3v) is 12.1. The number of amides is 2. The summed E-state index contributed by atoms with van der Waals surface area (Å²) >= 11 is 0. The van der Waals surface area contributed by atoms with Gasteiger partial charge in [0.05, 0.1) is 48.9 Å². The first-order chi connectivity index (χ1) is 25.6. The molecule has 7 heterocycles. The number of fused-ring (bicyclic) bond motifs is 1. The SMILES string of the molecule is COc1nc(-c2cccc(-c3cccc(-c4cc5c(c(OC)n4)C(N4CC6(CCC(=O)N6)C4)CO5)c3C)c2C)cnc1CN1CC2(C1)CN(C(C)=O)C2. The van der Waals surface area contributed by atoms with E-state index in [0.29, 0.717) is 31.3 Å². The number of benzene rings is 2. The van der Waals surface area contributed by atoms with Gasteiger partial charge in [-0.25, -0.2) is 9.97 Å². The van der Waals surface area contributed by atoms with E-state index >= 15 is 0 Å². The molecule has 5 aliphatic heterocycles. The summed E-state index contributed by atoms with van der Waals surface area (Å²) in [5.41, 5.74) is 9.87. The van der Waals surface area contributed by atoms with Crippen LogP contribution in [0.25, 0.3) is 33.6 Å². The molecule has 12 nitrogen and oxygen atoms in total. The molecule has 0 radical (unpaired) electrons. The maximum absolute atomic E-state index is 11.9. The van der Waals surface area contributed by atoms with Crippen molar-refractivity contribution in [3.8, 4) is 51.2 Å². The van der Waals surface area contributed by atoms with Gasteiger partial charge >= 0.3 is 0 Å². The predicted octanol–water partition coefficient (Wildman–Crippen LogP) is 4.57. The number of aromatic nitrogens is 3. The highest BCUT2D eigenvalue weighted by Crippen LogP contribution is 2.48. The fourth-order valence-electron chi connectivity index (χ4n) is 9.35. The Morgan fingerprint density at radius 3 is 2.17 bits per heavy atom. The van der Waals surface area contributed by atoms with E-state index in [4.69, 9.17) is 29.2 Å². The number of pyridine rings is 1. The van der Waals surface area contributed by atoms with E-state index in [1.165, 1.54) is 0 Å². The summed E-state index contributed by atoms with van der Waals surface area (Å²) in [5, 5.41) is 3.18. The number of ether oxygens (including phenoxy) is 3. The van der Waals surface area contributed by atoms with Gasteiger partial charge in [0.25, 0.3) is 0 Å². The van der Waals surface area contributed by atoms with Crippen molar-refractivity contribution in [1.82, 2.24) is 35.0 Å². The van der Waals surface area contributed by atoms with Crippen molar-refractivity contribution in [3.05, 3.63) is 71.0 Å². The number of hydrogen-bond acceptors (Lipinski definition) is 10. The molecule has 2 aromatic heterocycles. The fraction of sp³-hybridized carbons (Fsp3) is 0.439. The Balaban J connectivity index is 0.956. The highest BCUT2D eigenvalue weighted by Gasteiger charge is 2.53. The Labute approximate surface area is 309 Å². The number of carbonyl (C=O) groups is 2. The lowest BCUT2D eigenvalue weighted by Gasteiger charge is -2.60. The van der Waals surface area contributed by atoms with Gasteiger partial charge in [-0.2, -0.15) is 0 Å². The molecule has 1 atom stereocenters. The Kier molecular flexibility index (Phi) is 7.97. The van der Waals surface area contributed by atoms with Crippen LogP contribution in [0.4, 0.5) is 0 Å². The summed E-state index contributed by atoms with van der Waals surface area (Å²) in [5.74, 6) is 2.20. The van der Waals surface area contributed by atoms with Crippen LogP contribution in [0.3, 0.4) is 0 Å². The van der Waals surface area contributed by atoms with Crippen molar-refractivity contribution in [2.45, 2.75) is 51.7 Å². The molecule has 1 unspecified atom stereocenters. The van der Waals surface area contributed by atoms with Gasteiger partial charge in [-0.3, -0.25) is 24.4 Å². The normalized spacial score (nSPS) is 21.0. The monoisotopic (exact) mass is 715 g/mol. The number of likely N-dealkylation sites (tertiary alicyclic amines) is 3. The first-order valence-electron chi connectivity index (χ1n) is 18.4. The van der Waals surface area contributed by atoms with E-state index in [1.807, 2.05) is 17.2 Å². The van der Waals surface area contributed by atoms with Crippen LogP contribution in [0, 0.1) is 19.3 Å². The summed E-state index contributed by atoms with van der Waals surface area (Å²) in [6, 6.07) is 14.7. The molecule has 5 aliphatic rings. The summed E-state index contributed by atoms with van der Waals surface area (Å²) in [6.07, 6.45) is 3.33. The van der Waals surface area contributed by atoms with E-state index in [2.05, 4.69) is 65.4 Å². The maximum Gasteiger partial charge on any atom is 0.237 e. The standard InChI is InChI=1S/C41H45N7O5/c1-24-27(8-6-10-29(24)31-14-35-37(39(43-31)52-5)34(17-53-35)48-22-41(23-48)13-12-36(50)45-41)28-9-7-11-30(25(28)2)32-15-42-33(38(44-32)51-4)16-46-18-40(19-46)20-47(21-40)26(3)49/h6-11,14-15,34H,12-13,16-23H2,1-5H3,(H,45,50). The topological polar surface area (TPSA) is 122 Å². The number of nitrogens with zero attached hydrogens (tertiary/aromatic N) is 6. The summed E-state index contributed by atoms with van der Waals surface area (Å²) in [4.78, 5) is 45.0. The van der Waals surface area contributed by atoms with Crippen molar-refractivity contribution < 1.29 is 23.8 Å². The fourth-order valence-corrected chi connectivity index (χ4v) is 9.35. The molecule has 0 saturated carbocycles. The van der Waals surface area contributed by atoms with Crippen LogP contribution in [0.1, 0.15) is 48.2 Å². The van der Waals surface area contributed by atoms with Crippen molar-refractivity contribution in [2.24, 2.45) is 5.41 Å². The Morgan fingerprint density at radius 2 is 1.55 bits per heavy atom. The molecule has 53 heavy (non-hydrogen) atoms. The zero-order valence-electron chi connectivity index (χ0n) is 31.0. The first kappa shape index (κ1) is 33.7. The van der Waals surface area contributed by atoms with Crippen LogP contribution in [-0.4, -0.2) is 107 Å². The molecule has 2 spiro atoms. The summed E-state index contributed by atoms with van der Waals surface area (Å²) in [6.45, 7) is 12.3. The smallest absolute Gasteiger partial charge is 0.237 e. The molecule has 0 aliphatic carbocycles. The van der Waals surface area contributed by atoms with Gasteiger partial charge in [0.2, 0.25) is 23.6 Å². The molecule has 2 amide bonds. The van der Waals surface area contributed by atoms with Crippen LogP contribution in [0.2, 0.25) is 0 Å². The quantitative estimate of drug-likeness (QED) is 0.278. The second-order valence-electron chi connectivity index (χ2n) is 15.7. The highest BCUT2D eigenvalue weighted by molar-refractivity contribution is 5.83. The van der Waals surface area contributed by atoms with Crippen molar-refractivity contribution >= 4 is 11.8 Å². The van der Waals surface area contributed by atoms with E-state index in [0.717, 1.165) is 107 Å². The molecular formula is C41H45N7O5. The molecule has 1 N–H and O–H groups in total. The third kappa shape index (κ3) is 5.61. The van der Waals surface area contributed by atoms with Gasteiger partial charge in [0.15, 0.2) is 0 Å². The average molecular weight is 716 g/mol. The molecule has 4 saturated heterocycles. The van der Waals surface area contributed by atoms with Crippen LogP contribution >= 0.6 is 0 Å². The highest BCUT2D eigenvalue weighted by atomic mass is 16.5. The van der Waals surface area contributed by atoms with Crippen molar-refractivity contribution in [2.75, 3.05) is 60.1 Å². The predicted molar refractivity (Wildman–Crippen MR) is 199 cm³/mol. The lowest BCUT2D eigenvalue weighted by Crippen LogP contribution is -2.72. The minimum atomic E-state index is -0.106. The van der Waals surface area contributed by atoms with Gasteiger partial charge in [0.1, 0.15) is 18.1 Å². The third-order valence-electron chi connectivity index (χ3n) is 12.1. The van der Waals surface area contributed by atoms with E-state index in [1.54, 1.807) is 21.1 Å². The molecule has 4 aromatic rings. The molecule has 2 aromatic carbocycles. The number of methoxy groups -OCH3 is 2. The first-order valence-corrected chi connectivity index (χ1v) is 18.4. The Morgan fingerprint density at radius 1 is 0.906 bits per heavy atom. The largest absolute Gasteiger partial charge is 0.491 e. The van der Waals surface area contributed by atoms with Crippen molar-refractivity contribution in [3.63, 3.8) is 0 Å². The van der Waals surface area contributed by atoms with Crippen LogP contribution < -0.4 is 19.5 Å². The molecular weight excluding hydrogens is 670 g/mol. The van der Waals surface area contributed by atoms with Gasteiger partial charge in [-0.15, -0.1) is 0 Å². The minimum absolute atomic E-state index is 0.0356. The number of carbonyl (C=O) groups excluding carboxylic acids is 2. The van der Waals surface area contributed by atoms with Crippen LogP contribution in [0.15, 0.2) is 48.7 Å². The summed E-state index contributed by atoms with van der Waals surface area (Å²) < 4.78 is 17.9. The molecule has 0 bridgehead atoms. The number of hydrogen-bond donors (Lipinski definition) is 1. The van der Waals surface area contributed by atoms with Crippen LogP contribution in [0.5, 0.6) is 17.5 Å². The molecule has 12 heteroatoms. The maximum atomic E-state index is 11.9. The van der Waals surface area contributed by atoms with E-state index in [-0.39, 0.29) is 28.8 Å². The lowest BCUT2D eigenvalue weighted by molar-refractivity contribution is -0.157.